The molecule has 2 saturated heterocycles. The summed E-state index contributed by atoms with van der Waals surface area (Å²) in [6.07, 6.45) is 1.37. The summed E-state index contributed by atoms with van der Waals surface area (Å²) in [6.45, 7) is 1.57. The topological polar surface area (TPSA) is 105 Å². The van der Waals surface area contributed by atoms with Crippen LogP contribution in [0, 0.1) is 0 Å². The Morgan fingerprint density at radius 3 is 2.23 bits per heavy atom. The maximum Gasteiger partial charge on any atom is 0.322 e. The lowest BCUT2D eigenvalue weighted by molar-refractivity contribution is -0.124. The Morgan fingerprint density at radius 2 is 1.77 bits per heavy atom. The predicted molar refractivity (Wildman–Crippen MR) is 46.5 cm³/mol. The minimum atomic E-state index is -0.609. The second-order valence-electron chi connectivity index (χ2n) is 3.24. The monoisotopic (exact) mass is 186 g/mol. The lowest BCUT2D eigenvalue weighted by Gasteiger charge is -2.30. The highest BCUT2D eigenvalue weighted by Gasteiger charge is 2.46. The van der Waals surface area contributed by atoms with Crippen LogP contribution in [0.25, 0.3) is 0 Å². The van der Waals surface area contributed by atoms with Gasteiger partial charge in [-0.1, -0.05) is 0 Å². The summed E-state index contributed by atoms with van der Waals surface area (Å²) < 4.78 is 0. The van der Waals surface area contributed by atoms with Gasteiger partial charge in [0.15, 0.2) is 0 Å². The zero-order valence-electron chi connectivity index (χ0n) is 7.35. The standard InChI is InChI=1S/C7H11N3O2.H3N/c11-5-7(10-6(12)9-5)1-3-8-4-2-7;/h8H,1-4H2,(H2,9,10,11,12);1H3. The number of piperidine rings is 1. The highest BCUT2D eigenvalue weighted by molar-refractivity contribution is 6.07. The number of imide groups is 1. The number of nitrogens with one attached hydrogen (secondary N) is 3. The smallest absolute Gasteiger partial charge is 0.322 e. The quantitative estimate of drug-likeness (QED) is 0.368. The van der Waals surface area contributed by atoms with Crippen LogP contribution < -0.4 is 22.1 Å². The normalized spacial score (nSPS) is 24.9. The van der Waals surface area contributed by atoms with Crippen molar-refractivity contribution in [3.63, 3.8) is 0 Å². The number of carbonyl (C=O) groups excluding carboxylic acids is 2. The molecule has 6 N–H and O–H groups in total. The van der Waals surface area contributed by atoms with Gasteiger partial charge in [-0.15, -0.1) is 0 Å². The number of hydrogen-bond donors (Lipinski definition) is 4. The molecule has 3 amide bonds. The van der Waals surface area contributed by atoms with E-state index in [1.165, 1.54) is 0 Å². The van der Waals surface area contributed by atoms with E-state index in [0.29, 0.717) is 12.8 Å². The number of urea groups is 1. The molecule has 2 heterocycles. The van der Waals surface area contributed by atoms with Crippen molar-refractivity contribution in [1.29, 1.82) is 0 Å². The second-order valence-corrected chi connectivity index (χ2v) is 3.24. The zero-order chi connectivity index (χ0) is 8.60. The summed E-state index contributed by atoms with van der Waals surface area (Å²) in [5.74, 6) is -0.172. The molecule has 0 aromatic carbocycles. The number of rotatable bonds is 0. The van der Waals surface area contributed by atoms with Gasteiger partial charge in [0.2, 0.25) is 0 Å². The average Bonchev–Trinajstić information content (AvgIpc) is 2.29. The van der Waals surface area contributed by atoms with Crippen LogP contribution in [0.5, 0.6) is 0 Å². The fraction of sp³-hybridized carbons (Fsp3) is 0.714. The summed E-state index contributed by atoms with van der Waals surface area (Å²) in [5.41, 5.74) is -0.609. The van der Waals surface area contributed by atoms with E-state index < -0.39 is 5.54 Å². The van der Waals surface area contributed by atoms with Crippen molar-refractivity contribution in [2.45, 2.75) is 18.4 Å². The molecule has 2 aliphatic heterocycles. The highest BCUT2D eigenvalue weighted by Crippen LogP contribution is 2.21. The van der Waals surface area contributed by atoms with Gasteiger partial charge in [-0.3, -0.25) is 10.1 Å². The Morgan fingerprint density at radius 1 is 1.15 bits per heavy atom. The van der Waals surface area contributed by atoms with Crippen molar-refractivity contribution in [2.24, 2.45) is 0 Å². The van der Waals surface area contributed by atoms with Crippen molar-refractivity contribution >= 4 is 11.9 Å². The van der Waals surface area contributed by atoms with Crippen LogP contribution in [0.2, 0.25) is 0 Å². The summed E-state index contributed by atoms with van der Waals surface area (Å²) in [6, 6.07) is -0.359. The fourth-order valence-electron chi connectivity index (χ4n) is 1.73. The predicted octanol–water partition coefficient (Wildman–Crippen LogP) is -0.890. The molecule has 0 bridgehead atoms. The van der Waals surface area contributed by atoms with Crippen LogP contribution in [0.4, 0.5) is 4.79 Å². The Kier molecular flexibility index (Phi) is 2.53. The van der Waals surface area contributed by atoms with Gasteiger partial charge < -0.3 is 16.8 Å². The maximum atomic E-state index is 11.3. The van der Waals surface area contributed by atoms with E-state index >= 15 is 0 Å². The van der Waals surface area contributed by atoms with Gasteiger partial charge in [-0.2, -0.15) is 0 Å². The van der Waals surface area contributed by atoms with Gasteiger partial charge in [0, 0.05) is 0 Å². The minimum absolute atomic E-state index is 0. The van der Waals surface area contributed by atoms with E-state index in [1.54, 1.807) is 0 Å². The molecule has 2 aliphatic rings. The van der Waals surface area contributed by atoms with Crippen LogP contribution in [-0.4, -0.2) is 30.6 Å². The first-order valence-corrected chi connectivity index (χ1v) is 4.07. The lowest BCUT2D eigenvalue weighted by atomic mass is 9.89. The Balaban J connectivity index is 0.000000845. The highest BCUT2D eigenvalue weighted by atomic mass is 16.2. The van der Waals surface area contributed by atoms with E-state index in [2.05, 4.69) is 16.0 Å². The Labute approximate surface area is 76.0 Å². The molecule has 0 atom stereocenters. The SMILES string of the molecule is N.O=C1NC(=O)C2(CCNCC2)N1. The van der Waals surface area contributed by atoms with Gasteiger partial charge >= 0.3 is 6.03 Å². The van der Waals surface area contributed by atoms with Crippen molar-refractivity contribution in [3.8, 4) is 0 Å². The van der Waals surface area contributed by atoms with Gasteiger partial charge in [0.1, 0.15) is 5.54 Å². The number of carbonyl (C=O) groups is 2. The Bertz CT molecular complexity index is 235. The summed E-state index contributed by atoms with van der Waals surface area (Å²) >= 11 is 0. The molecule has 2 rings (SSSR count). The third-order valence-corrected chi connectivity index (χ3v) is 2.47. The first kappa shape index (κ1) is 9.94. The molecule has 0 saturated carbocycles. The molecule has 74 valence electrons. The fourth-order valence-corrected chi connectivity index (χ4v) is 1.73. The molecular formula is C7H14N4O2. The zero-order valence-corrected chi connectivity index (χ0v) is 7.35. The van der Waals surface area contributed by atoms with E-state index in [0.717, 1.165) is 13.1 Å². The maximum absolute atomic E-state index is 11.3. The summed E-state index contributed by atoms with van der Waals surface area (Å²) in [5, 5.41) is 8.08. The van der Waals surface area contributed by atoms with Crippen molar-refractivity contribution < 1.29 is 9.59 Å². The molecule has 6 nitrogen and oxygen atoms in total. The van der Waals surface area contributed by atoms with E-state index in [-0.39, 0.29) is 18.1 Å². The van der Waals surface area contributed by atoms with E-state index in [4.69, 9.17) is 0 Å². The summed E-state index contributed by atoms with van der Waals surface area (Å²) in [7, 11) is 0. The van der Waals surface area contributed by atoms with E-state index in [9.17, 15) is 9.59 Å². The van der Waals surface area contributed by atoms with Crippen molar-refractivity contribution in [1.82, 2.24) is 22.1 Å². The Hall–Kier alpha value is -1.14. The molecule has 0 aromatic rings. The average molecular weight is 186 g/mol. The lowest BCUT2D eigenvalue weighted by Crippen LogP contribution is -2.53. The first-order valence-electron chi connectivity index (χ1n) is 4.07. The van der Waals surface area contributed by atoms with Crippen molar-refractivity contribution in [3.05, 3.63) is 0 Å². The van der Waals surface area contributed by atoms with Gasteiger partial charge in [0.25, 0.3) is 5.91 Å². The molecule has 0 unspecified atom stereocenters. The largest absolute Gasteiger partial charge is 0.344 e. The molecule has 0 aliphatic carbocycles. The van der Waals surface area contributed by atoms with Crippen LogP contribution >= 0.6 is 0 Å². The first-order chi connectivity index (χ1) is 5.73. The molecule has 13 heavy (non-hydrogen) atoms. The number of amides is 3. The molecule has 0 aromatic heterocycles. The molecule has 6 heteroatoms. The van der Waals surface area contributed by atoms with Crippen LogP contribution in [-0.2, 0) is 4.79 Å². The van der Waals surface area contributed by atoms with Crippen LogP contribution in [0.15, 0.2) is 0 Å². The molecule has 2 fully saturated rings. The molecule has 1 spiro atoms. The van der Waals surface area contributed by atoms with E-state index in [1.807, 2.05) is 0 Å². The number of hydrogen-bond acceptors (Lipinski definition) is 4. The third-order valence-electron chi connectivity index (χ3n) is 2.47. The third kappa shape index (κ3) is 1.50. The molecule has 0 radical (unpaired) electrons. The summed E-state index contributed by atoms with van der Waals surface area (Å²) in [4.78, 5) is 22.2. The second kappa shape index (κ2) is 3.31. The molecular weight excluding hydrogens is 172 g/mol. The van der Waals surface area contributed by atoms with Gasteiger partial charge in [-0.05, 0) is 25.9 Å². The van der Waals surface area contributed by atoms with Crippen LogP contribution in [0.3, 0.4) is 0 Å². The van der Waals surface area contributed by atoms with Gasteiger partial charge in [-0.25, -0.2) is 4.79 Å². The van der Waals surface area contributed by atoms with Gasteiger partial charge in [0.05, 0.1) is 0 Å². The van der Waals surface area contributed by atoms with Crippen molar-refractivity contribution in [2.75, 3.05) is 13.1 Å². The minimum Gasteiger partial charge on any atom is -0.344 e. The van der Waals surface area contributed by atoms with Crippen LogP contribution in [0.1, 0.15) is 12.8 Å².